The molecule has 0 saturated heterocycles. The average Bonchev–Trinajstić information content (AvgIpc) is 3.30. The molecule has 2 N–H and O–H groups in total. The Bertz CT molecular complexity index is 898. The van der Waals surface area contributed by atoms with Gasteiger partial charge in [-0.2, -0.15) is 0 Å². The van der Waals surface area contributed by atoms with Gasteiger partial charge < -0.3 is 10.2 Å². The predicted molar refractivity (Wildman–Crippen MR) is 292 cm³/mol. The topological polar surface area (TPSA) is 57.5 Å². The molecule has 0 heterocycles. The lowest BCUT2D eigenvalue weighted by atomic mass is 9.91. The number of carboxylic acid groups (broad SMARTS) is 1. The van der Waals surface area contributed by atoms with E-state index in [9.17, 15) is 15.0 Å². The van der Waals surface area contributed by atoms with Crippen molar-refractivity contribution < 1.29 is 15.0 Å². The van der Waals surface area contributed by atoms with Crippen molar-refractivity contribution in [3.05, 3.63) is 12.2 Å². The molecule has 0 aromatic heterocycles. The summed E-state index contributed by atoms with van der Waals surface area (Å²) in [7, 11) is 0. The number of rotatable bonds is 58. The maximum atomic E-state index is 11.9. The van der Waals surface area contributed by atoms with Crippen molar-refractivity contribution in [3.8, 4) is 0 Å². The smallest absolute Gasteiger partial charge is 0.309 e. The standard InChI is InChI=1S/C62H122O3/c1-3-5-7-9-11-13-15-17-19-21-23-25-26-27-28-29-30-31-32-33-34-35-36-37-38-39-41-43-45-47-49-51-53-55-57-59-61(63)60(62(64)65)58-56-54-52-50-48-46-44-42-40-24-22-20-18-16-14-12-10-8-6-4-2/h31-32,60-61,63H,3-30,33-59H2,1-2H3,(H,64,65)/t60-,61-/m1/s1. The molecule has 3 nitrogen and oxygen atoms in total. The first-order valence-corrected chi connectivity index (χ1v) is 30.7. The van der Waals surface area contributed by atoms with Gasteiger partial charge >= 0.3 is 5.97 Å². The van der Waals surface area contributed by atoms with Crippen molar-refractivity contribution >= 4 is 5.97 Å². The van der Waals surface area contributed by atoms with Crippen molar-refractivity contribution in [1.82, 2.24) is 0 Å². The Morgan fingerprint density at radius 1 is 0.292 bits per heavy atom. The highest BCUT2D eigenvalue weighted by molar-refractivity contribution is 5.70. The Hall–Kier alpha value is -0.830. The minimum absolute atomic E-state index is 0.582. The van der Waals surface area contributed by atoms with Crippen LogP contribution in [0.4, 0.5) is 0 Å². The van der Waals surface area contributed by atoms with E-state index in [2.05, 4.69) is 26.0 Å². The fourth-order valence-corrected chi connectivity index (χ4v) is 10.3. The summed E-state index contributed by atoms with van der Waals surface area (Å²) in [4.78, 5) is 11.9. The van der Waals surface area contributed by atoms with Gasteiger partial charge in [0.2, 0.25) is 0 Å². The maximum Gasteiger partial charge on any atom is 0.309 e. The van der Waals surface area contributed by atoms with Crippen LogP contribution in [0.15, 0.2) is 12.2 Å². The minimum Gasteiger partial charge on any atom is -0.481 e. The highest BCUT2D eigenvalue weighted by Gasteiger charge is 2.25. The van der Waals surface area contributed by atoms with E-state index in [-0.39, 0.29) is 0 Å². The van der Waals surface area contributed by atoms with Gasteiger partial charge in [-0.25, -0.2) is 0 Å². The summed E-state index contributed by atoms with van der Waals surface area (Å²) in [6.45, 7) is 4.60. The fraction of sp³-hybridized carbons (Fsp3) is 0.952. The van der Waals surface area contributed by atoms with Crippen molar-refractivity contribution in [2.75, 3.05) is 0 Å². The molecule has 0 amide bonds. The average molecular weight is 916 g/mol. The van der Waals surface area contributed by atoms with Crippen LogP contribution in [0.25, 0.3) is 0 Å². The van der Waals surface area contributed by atoms with E-state index in [1.807, 2.05) is 0 Å². The summed E-state index contributed by atoms with van der Waals surface area (Å²) in [6, 6.07) is 0. The van der Waals surface area contributed by atoms with Gasteiger partial charge in [-0.15, -0.1) is 0 Å². The zero-order valence-electron chi connectivity index (χ0n) is 45.0. The molecular weight excluding hydrogens is 793 g/mol. The van der Waals surface area contributed by atoms with E-state index in [4.69, 9.17) is 0 Å². The van der Waals surface area contributed by atoms with E-state index in [0.29, 0.717) is 12.8 Å². The van der Waals surface area contributed by atoms with Crippen LogP contribution in [0.3, 0.4) is 0 Å². The van der Waals surface area contributed by atoms with Gasteiger partial charge in [0.25, 0.3) is 0 Å². The SMILES string of the molecule is CCCCCCCCCCCCCCCCCCC=CCCCCCCCCCCCCCCCCC[C@@H](O)[C@@H](CCCCCCCCCCCCCCCCCCCCCC)C(=O)O. The van der Waals surface area contributed by atoms with Gasteiger partial charge in [-0.05, 0) is 38.5 Å². The molecule has 0 aliphatic heterocycles. The normalized spacial score (nSPS) is 12.8. The summed E-state index contributed by atoms with van der Waals surface area (Å²) in [6.07, 6.45) is 78.3. The maximum absolute atomic E-state index is 11.9. The number of aliphatic hydroxyl groups is 1. The van der Waals surface area contributed by atoms with E-state index in [0.717, 1.165) is 25.7 Å². The Morgan fingerprint density at radius 3 is 0.692 bits per heavy atom. The lowest BCUT2D eigenvalue weighted by molar-refractivity contribution is -0.146. The van der Waals surface area contributed by atoms with Crippen LogP contribution in [-0.4, -0.2) is 22.3 Å². The molecule has 0 aromatic carbocycles. The van der Waals surface area contributed by atoms with Gasteiger partial charge in [0.1, 0.15) is 0 Å². The summed E-state index contributed by atoms with van der Waals surface area (Å²) < 4.78 is 0. The molecule has 0 aliphatic rings. The van der Waals surface area contributed by atoms with Crippen LogP contribution < -0.4 is 0 Å². The highest BCUT2D eigenvalue weighted by Crippen LogP contribution is 2.22. The molecule has 0 rings (SSSR count). The van der Waals surface area contributed by atoms with E-state index in [1.54, 1.807) is 0 Å². The van der Waals surface area contributed by atoms with Crippen LogP contribution in [0, 0.1) is 5.92 Å². The highest BCUT2D eigenvalue weighted by atomic mass is 16.4. The fourth-order valence-electron chi connectivity index (χ4n) is 10.3. The minimum atomic E-state index is -0.802. The Balaban J connectivity index is 3.38. The summed E-state index contributed by atoms with van der Waals surface area (Å²) in [5.41, 5.74) is 0. The molecule has 2 atom stereocenters. The van der Waals surface area contributed by atoms with Gasteiger partial charge in [-0.1, -0.05) is 341 Å². The Labute approximate surface area is 410 Å². The Morgan fingerprint density at radius 2 is 0.477 bits per heavy atom. The van der Waals surface area contributed by atoms with Crippen LogP contribution in [0.1, 0.15) is 367 Å². The monoisotopic (exact) mass is 915 g/mol. The largest absolute Gasteiger partial charge is 0.481 e. The lowest BCUT2D eigenvalue weighted by Crippen LogP contribution is -2.28. The second-order valence-corrected chi connectivity index (χ2v) is 21.5. The third kappa shape index (κ3) is 54.0. The molecule has 0 saturated carbocycles. The van der Waals surface area contributed by atoms with Crippen molar-refractivity contribution in [2.45, 2.75) is 373 Å². The number of hydrogen-bond acceptors (Lipinski definition) is 2. The lowest BCUT2D eigenvalue weighted by Gasteiger charge is -2.19. The van der Waals surface area contributed by atoms with Gasteiger partial charge in [0.15, 0.2) is 0 Å². The second kappa shape index (κ2) is 57.5. The summed E-state index contributed by atoms with van der Waals surface area (Å²) in [5.74, 6) is -1.38. The predicted octanol–water partition coefficient (Wildman–Crippen LogP) is 22.1. The molecule has 0 spiro atoms. The first-order valence-electron chi connectivity index (χ1n) is 30.7. The number of carboxylic acids is 1. The first kappa shape index (κ1) is 64.2. The number of aliphatic carboxylic acids is 1. The molecule has 65 heavy (non-hydrogen) atoms. The van der Waals surface area contributed by atoms with Crippen LogP contribution in [-0.2, 0) is 4.79 Å². The van der Waals surface area contributed by atoms with E-state index < -0.39 is 18.0 Å². The van der Waals surface area contributed by atoms with Gasteiger partial charge in [0.05, 0.1) is 12.0 Å². The zero-order valence-corrected chi connectivity index (χ0v) is 45.0. The third-order valence-corrected chi connectivity index (χ3v) is 14.9. The first-order chi connectivity index (χ1) is 32.1. The van der Waals surface area contributed by atoms with E-state index >= 15 is 0 Å². The van der Waals surface area contributed by atoms with Crippen molar-refractivity contribution in [2.24, 2.45) is 5.92 Å². The zero-order chi connectivity index (χ0) is 47.0. The molecule has 0 bridgehead atoms. The molecule has 0 radical (unpaired) electrons. The number of aliphatic hydroxyl groups excluding tert-OH is 1. The molecular formula is C62H122O3. The van der Waals surface area contributed by atoms with Crippen LogP contribution in [0.2, 0.25) is 0 Å². The number of hydrogen-bond donors (Lipinski definition) is 2. The molecule has 388 valence electrons. The molecule has 0 fully saturated rings. The molecule has 3 heteroatoms. The van der Waals surface area contributed by atoms with Gasteiger partial charge in [-0.3, -0.25) is 4.79 Å². The van der Waals surface area contributed by atoms with Crippen LogP contribution >= 0.6 is 0 Å². The molecule has 0 aliphatic carbocycles. The molecule has 0 aromatic rings. The van der Waals surface area contributed by atoms with Crippen molar-refractivity contribution in [3.63, 3.8) is 0 Å². The second-order valence-electron chi connectivity index (χ2n) is 21.5. The van der Waals surface area contributed by atoms with Gasteiger partial charge in [0, 0.05) is 0 Å². The van der Waals surface area contributed by atoms with Crippen molar-refractivity contribution in [1.29, 1.82) is 0 Å². The van der Waals surface area contributed by atoms with E-state index in [1.165, 1.54) is 315 Å². The Kier molecular flexibility index (Phi) is 56.8. The molecule has 0 unspecified atom stereocenters. The quantitative estimate of drug-likeness (QED) is 0.0472. The number of unbranched alkanes of at least 4 members (excludes halogenated alkanes) is 50. The summed E-state index contributed by atoms with van der Waals surface area (Å²) >= 11 is 0. The third-order valence-electron chi connectivity index (χ3n) is 14.9. The van der Waals surface area contributed by atoms with Crippen LogP contribution in [0.5, 0.6) is 0 Å². The summed E-state index contributed by atoms with van der Waals surface area (Å²) in [5, 5.41) is 20.4. The number of allylic oxidation sites excluding steroid dienone is 2. The number of carbonyl (C=O) groups is 1.